The molecule has 2 aromatic rings. The van der Waals surface area contributed by atoms with Gasteiger partial charge in [-0.3, -0.25) is 9.10 Å². The number of nitrogens with one attached hydrogen (secondary N) is 1. The lowest BCUT2D eigenvalue weighted by Gasteiger charge is -2.29. The maximum Gasteiger partial charge on any atom is 0.247 e. The number of carbonyl (C=O) groups is 1. The highest BCUT2D eigenvalue weighted by molar-refractivity contribution is 7.92. The third kappa shape index (κ3) is 4.93. The molecular formula is C19H23ClN2O4S. The number of hydrogen-bond donors (Lipinski definition) is 1. The fraction of sp³-hybridized carbons (Fsp3) is 0.316. The minimum absolute atomic E-state index is 0.310. The van der Waals surface area contributed by atoms with Crippen LogP contribution in [0.15, 0.2) is 36.4 Å². The van der Waals surface area contributed by atoms with Crippen molar-refractivity contribution in [2.24, 2.45) is 0 Å². The van der Waals surface area contributed by atoms with Gasteiger partial charge in [0.05, 0.1) is 19.1 Å². The topological polar surface area (TPSA) is 75.7 Å². The zero-order valence-electron chi connectivity index (χ0n) is 15.9. The van der Waals surface area contributed by atoms with E-state index in [0.717, 1.165) is 21.7 Å². The van der Waals surface area contributed by atoms with Crippen molar-refractivity contribution < 1.29 is 17.9 Å². The third-order valence-corrected chi connectivity index (χ3v) is 5.73. The highest BCUT2D eigenvalue weighted by Gasteiger charge is 2.31. The van der Waals surface area contributed by atoms with Gasteiger partial charge in [-0.25, -0.2) is 8.42 Å². The van der Waals surface area contributed by atoms with Crippen LogP contribution >= 0.6 is 11.6 Å². The molecule has 0 fully saturated rings. The molecule has 6 nitrogen and oxygen atoms in total. The number of halogens is 1. The van der Waals surface area contributed by atoms with E-state index in [-0.39, 0.29) is 0 Å². The van der Waals surface area contributed by atoms with Gasteiger partial charge < -0.3 is 10.1 Å². The normalized spacial score (nSPS) is 12.4. The summed E-state index contributed by atoms with van der Waals surface area (Å²) in [5, 5.41) is 3.23. The maximum atomic E-state index is 12.8. The van der Waals surface area contributed by atoms with E-state index in [1.807, 2.05) is 19.9 Å². The first-order chi connectivity index (χ1) is 12.5. The maximum absolute atomic E-state index is 12.8. The molecule has 0 heterocycles. The molecule has 2 aromatic carbocycles. The quantitative estimate of drug-likeness (QED) is 0.786. The van der Waals surface area contributed by atoms with Crippen molar-refractivity contribution in [2.45, 2.75) is 26.8 Å². The van der Waals surface area contributed by atoms with Gasteiger partial charge in [-0.1, -0.05) is 23.7 Å². The Labute approximate surface area is 165 Å². The number of hydrogen-bond acceptors (Lipinski definition) is 4. The lowest BCUT2D eigenvalue weighted by Crippen LogP contribution is -2.45. The number of anilines is 2. The molecule has 146 valence electrons. The Kier molecular flexibility index (Phi) is 6.38. The summed E-state index contributed by atoms with van der Waals surface area (Å²) < 4.78 is 31.3. The molecule has 1 N–H and O–H groups in total. The van der Waals surface area contributed by atoms with Crippen LogP contribution in [0.2, 0.25) is 5.02 Å². The monoisotopic (exact) mass is 410 g/mol. The number of amides is 1. The van der Waals surface area contributed by atoms with E-state index in [4.69, 9.17) is 16.3 Å². The van der Waals surface area contributed by atoms with Crippen LogP contribution in [-0.2, 0) is 14.8 Å². The molecule has 0 aliphatic rings. The number of rotatable bonds is 6. The lowest BCUT2D eigenvalue weighted by molar-refractivity contribution is -0.116. The lowest BCUT2D eigenvalue weighted by atomic mass is 10.1. The summed E-state index contributed by atoms with van der Waals surface area (Å²) in [5.74, 6) is -0.118. The number of ether oxygens (including phenoxy) is 1. The van der Waals surface area contributed by atoms with E-state index in [0.29, 0.717) is 22.1 Å². The van der Waals surface area contributed by atoms with Crippen LogP contribution in [0.1, 0.15) is 18.1 Å². The van der Waals surface area contributed by atoms with Gasteiger partial charge in [0.1, 0.15) is 11.8 Å². The van der Waals surface area contributed by atoms with Gasteiger partial charge in [0.15, 0.2) is 0 Å². The summed E-state index contributed by atoms with van der Waals surface area (Å²) in [5.41, 5.74) is 2.53. The number of methoxy groups -OCH3 is 1. The van der Waals surface area contributed by atoms with E-state index in [1.165, 1.54) is 14.0 Å². The Morgan fingerprint density at radius 3 is 2.41 bits per heavy atom. The van der Waals surface area contributed by atoms with Gasteiger partial charge in [0.25, 0.3) is 0 Å². The zero-order valence-corrected chi connectivity index (χ0v) is 17.5. The van der Waals surface area contributed by atoms with Crippen molar-refractivity contribution in [1.29, 1.82) is 0 Å². The van der Waals surface area contributed by atoms with Crippen molar-refractivity contribution >= 4 is 38.9 Å². The van der Waals surface area contributed by atoms with Gasteiger partial charge in [0, 0.05) is 10.7 Å². The van der Waals surface area contributed by atoms with Gasteiger partial charge in [-0.15, -0.1) is 0 Å². The van der Waals surface area contributed by atoms with Crippen LogP contribution < -0.4 is 14.4 Å². The molecule has 0 radical (unpaired) electrons. The fourth-order valence-corrected chi connectivity index (χ4v) is 4.02. The van der Waals surface area contributed by atoms with Crippen LogP contribution in [0.4, 0.5) is 11.4 Å². The van der Waals surface area contributed by atoms with Crippen molar-refractivity contribution in [3.05, 3.63) is 52.5 Å². The molecule has 0 spiro atoms. The zero-order chi connectivity index (χ0) is 20.4. The van der Waals surface area contributed by atoms with Crippen molar-refractivity contribution in [2.75, 3.05) is 23.0 Å². The second-order valence-electron chi connectivity index (χ2n) is 6.36. The molecular weight excluding hydrogens is 388 g/mol. The predicted octanol–water partition coefficient (Wildman–Crippen LogP) is 3.76. The number of aryl methyl sites for hydroxylation is 2. The first-order valence-electron chi connectivity index (χ1n) is 8.25. The van der Waals surface area contributed by atoms with E-state index >= 15 is 0 Å². The van der Waals surface area contributed by atoms with Crippen molar-refractivity contribution in [3.63, 3.8) is 0 Å². The van der Waals surface area contributed by atoms with Crippen LogP contribution in [0.5, 0.6) is 5.75 Å². The molecule has 1 unspecified atom stereocenters. The highest BCUT2D eigenvalue weighted by Crippen LogP contribution is 2.33. The summed E-state index contributed by atoms with van der Waals surface area (Å²) in [6.07, 6.45) is 1.06. The minimum atomic E-state index is -3.75. The molecule has 0 aliphatic heterocycles. The summed E-state index contributed by atoms with van der Waals surface area (Å²) >= 11 is 6.09. The predicted molar refractivity (Wildman–Crippen MR) is 109 cm³/mol. The van der Waals surface area contributed by atoms with E-state index in [2.05, 4.69) is 5.32 Å². The molecule has 0 bridgehead atoms. The van der Waals surface area contributed by atoms with Crippen LogP contribution in [-0.4, -0.2) is 33.7 Å². The molecule has 2 rings (SSSR count). The Bertz CT molecular complexity index is 960. The Hall–Kier alpha value is -2.25. The molecule has 0 saturated carbocycles. The average molecular weight is 411 g/mol. The summed E-state index contributed by atoms with van der Waals surface area (Å²) in [6, 6.07) is 9.27. The average Bonchev–Trinajstić information content (AvgIpc) is 2.57. The minimum Gasteiger partial charge on any atom is -0.495 e. The van der Waals surface area contributed by atoms with E-state index < -0.39 is 22.0 Å². The number of benzene rings is 2. The van der Waals surface area contributed by atoms with Gasteiger partial charge >= 0.3 is 0 Å². The highest BCUT2D eigenvalue weighted by atomic mass is 35.5. The van der Waals surface area contributed by atoms with Crippen LogP contribution in [0, 0.1) is 13.8 Å². The molecule has 27 heavy (non-hydrogen) atoms. The molecule has 0 aromatic heterocycles. The number of carbonyl (C=O) groups excluding carboxylic acids is 1. The van der Waals surface area contributed by atoms with Crippen molar-refractivity contribution in [3.8, 4) is 5.75 Å². The summed E-state index contributed by atoms with van der Waals surface area (Å²) in [7, 11) is -2.30. The van der Waals surface area contributed by atoms with Gasteiger partial charge in [0.2, 0.25) is 15.9 Å². The molecule has 1 amide bonds. The Morgan fingerprint density at radius 1 is 1.19 bits per heavy atom. The molecule has 8 heteroatoms. The van der Waals surface area contributed by atoms with Crippen LogP contribution in [0.3, 0.4) is 0 Å². The molecule has 0 saturated heterocycles. The third-order valence-electron chi connectivity index (χ3n) is 4.10. The second-order valence-corrected chi connectivity index (χ2v) is 8.63. The summed E-state index contributed by atoms with van der Waals surface area (Å²) in [4.78, 5) is 12.8. The first-order valence-corrected chi connectivity index (χ1v) is 10.5. The fourth-order valence-electron chi connectivity index (χ4n) is 2.67. The largest absolute Gasteiger partial charge is 0.495 e. The Balaban J connectivity index is 2.41. The number of sulfonamides is 1. The molecule has 1 atom stereocenters. The number of nitrogens with zero attached hydrogens (tertiary/aromatic N) is 1. The van der Waals surface area contributed by atoms with Gasteiger partial charge in [-0.05, 0) is 56.2 Å². The molecule has 0 aliphatic carbocycles. The first kappa shape index (κ1) is 21.1. The van der Waals surface area contributed by atoms with Gasteiger partial charge in [-0.2, -0.15) is 0 Å². The SMILES string of the molecule is COc1ccc(C)cc1N(C(C)C(=O)Nc1ccc(C)c(Cl)c1)S(C)(=O)=O. The summed E-state index contributed by atoms with van der Waals surface area (Å²) in [6.45, 7) is 5.21. The van der Waals surface area contributed by atoms with Crippen LogP contribution in [0.25, 0.3) is 0 Å². The van der Waals surface area contributed by atoms with E-state index in [9.17, 15) is 13.2 Å². The smallest absolute Gasteiger partial charge is 0.247 e. The standard InChI is InChI=1S/C19H23ClN2O4S/c1-12-6-9-18(26-4)17(10-12)22(27(5,24)25)14(3)19(23)21-15-8-7-13(2)16(20)11-15/h6-11,14H,1-5H3,(H,21,23). The van der Waals surface area contributed by atoms with E-state index in [1.54, 1.807) is 30.3 Å². The second kappa shape index (κ2) is 8.19. The van der Waals surface area contributed by atoms with Crippen molar-refractivity contribution in [1.82, 2.24) is 0 Å². The Morgan fingerprint density at radius 2 is 1.85 bits per heavy atom.